The zero-order valence-electron chi connectivity index (χ0n) is 13.1. The summed E-state index contributed by atoms with van der Waals surface area (Å²) >= 11 is 0. The Labute approximate surface area is 130 Å². The number of Topliss-reactive ketones (excluding diaryl/α,β-unsaturated/α-hetero) is 1. The van der Waals surface area contributed by atoms with Crippen molar-refractivity contribution in [2.75, 3.05) is 32.9 Å². The summed E-state index contributed by atoms with van der Waals surface area (Å²) in [4.78, 5) is 33.0. The summed E-state index contributed by atoms with van der Waals surface area (Å²) in [5.74, 6) is -0.555. The molecule has 0 aromatic carbocycles. The maximum Gasteiger partial charge on any atom is 0.236 e. The number of ether oxygens (including phenoxy) is 2. The van der Waals surface area contributed by atoms with Crippen molar-refractivity contribution in [2.45, 2.75) is 38.3 Å². The zero-order valence-corrected chi connectivity index (χ0v) is 13.1. The second kappa shape index (κ2) is 13.3. The van der Waals surface area contributed by atoms with E-state index in [-0.39, 0.29) is 24.9 Å². The molecule has 0 aromatic heterocycles. The van der Waals surface area contributed by atoms with Gasteiger partial charge in [0.1, 0.15) is 0 Å². The van der Waals surface area contributed by atoms with Crippen LogP contribution in [0.2, 0.25) is 0 Å². The molecule has 8 nitrogen and oxygen atoms in total. The van der Waals surface area contributed by atoms with Crippen molar-refractivity contribution in [1.29, 1.82) is 0 Å². The van der Waals surface area contributed by atoms with Gasteiger partial charge in [-0.05, 0) is 26.3 Å². The first-order valence-corrected chi connectivity index (χ1v) is 7.41. The number of unbranched alkanes of at least 4 members (excludes halogenated alkanes) is 1. The Morgan fingerprint density at radius 2 is 1.95 bits per heavy atom. The van der Waals surface area contributed by atoms with Crippen molar-refractivity contribution in [3.8, 4) is 0 Å². The van der Waals surface area contributed by atoms with Crippen LogP contribution in [0, 0.1) is 0 Å². The smallest absolute Gasteiger partial charge is 0.236 e. The minimum Gasteiger partial charge on any atom is -0.377 e. The molecule has 128 valence electrons. The van der Waals surface area contributed by atoms with E-state index in [1.165, 1.54) is 6.92 Å². The second-order valence-electron chi connectivity index (χ2n) is 4.83. The molecule has 0 fully saturated rings. The molecule has 8 heteroatoms. The van der Waals surface area contributed by atoms with Crippen LogP contribution in [-0.4, -0.2) is 63.0 Å². The Bertz CT molecular complexity index is 338. The maximum atomic E-state index is 11.6. The molecule has 0 aliphatic heterocycles. The average molecular weight is 317 g/mol. The molecule has 0 heterocycles. The van der Waals surface area contributed by atoms with E-state index in [1.807, 2.05) is 0 Å². The normalized spacial score (nSPS) is 13.4. The van der Waals surface area contributed by atoms with E-state index in [4.69, 9.17) is 20.9 Å². The molecule has 0 aliphatic carbocycles. The van der Waals surface area contributed by atoms with Crippen molar-refractivity contribution < 1.29 is 23.9 Å². The molecule has 1 amide bonds. The Morgan fingerprint density at radius 1 is 1.23 bits per heavy atom. The summed E-state index contributed by atoms with van der Waals surface area (Å²) in [7, 11) is 0. The van der Waals surface area contributed by atoms with Gasteiger partial charge in [0.15, 0.2) is 18.2 Å². The molecule has 0 aromatic rings. The Balaban J connectivity index is 3.54. The molecule has 22 heavy (non-hydrogen) atoms. The van der Waals surface area contributed by atoms with Gasteiger partial charge in [0, 0.05) is 6.54 Å². The predicted octanol–water partition coefficient (Wildman–Crippen LogP) is -1.25. The van der Waals surface area contributed by atoms with Crippen LogP contribution in [0.25, 0.3) is 0 Å². The quantitative estimate of drug-likeness (QED) is 0.207. The van der Waals surface area contributed by atoms with Crippen molar-refractivity contribution in [3.05, 3.63) is 0 Å². The maximum absolute atomic E-state index is 11.6. The van der Waals surface area contributed by atoms with Crippen LogP contribution in [0.1, 0.15) is 26.2 Å². The third-order valence-electron chi connectivity index (χ3n) is 2.90. The predicted molar refractivity (Wildman–Crippen MR) is 81.2 cm³/mol. The van der Waals surface area contributed by atoms with Crippen LogP contribution in [0.15, 0.2) is 0 Å². The van der Waals surface area contributed by atoms with E-state index in [9.17, 15) is 14.4 Å². The number of carbonyl (C=O) groups excluding carboxylic acids is 3. The van der Waals surface area contributed by atoms with Gasteiger partial charge in [-0.15, -0.1) is 0 Å². The molecule has 1 unspecified atom stereocenters. The summed E-state index contributed by atoms with van der Waals surface area (Å²) in [6.07, 6.45) is 1.71. The fourth-order valence-electron chi connectivity index (χ4n) is 1.61. The van der Waals surface area contributed by atoms with Crippen molar-refractivity contribution in [3.63, 3.8) is 0 Å². The van der Waals surface area contributed by atoms with Crippen LogP contribution < -0.4 is 16.8 Å². The molecule has 0 aliphatic rings. The van der Waals surface area contributed by atoms with Crippen molar-refractivity contribution >= 4 is 18.0 Å². The molecule has 5 N–H and O–H groups in total. The average Bonchev–Trinajstić information content (AvgIpc) is 2.49. The van der Waals surface area contributed by atoms with Gasteiger partial charge in [0.05, 0.1) is 25.9 Å². The Morgan fingerprint density at radius 3 is 2.55 bits per heavy atom. The first kappa shape index (κ1) is 20.6. The SMILES string of the molecule is CC(=O)C(C=O)OCCOCCNC(=O)[C@@H](N)CCCCN. The number of nitrogens with two attached hydrogens (primary N) is 2. The van der Waals surface area contributed by atoms with Crippen LogP contribution in [-0.2, 0) is 23.9 Å². The lowest BCUT2D eigenvalue weighted by Crippen LogP contribution is -2.41. The fraction of sp³-hybridized carbons (Fsp3) is 0.786. The number of hydrogen-bond donors (Lipinski definition) is 3. The van der Waals surface area contributed by atoms with Crippen LogP contribution in [0.5, 0.6) is 0 Å². The second-order valence-corrected chi connectivity index (χ2v) is 4.83. The number of hydrogen-bond acceptors (Lipinski definition) is 7. The summed E-state index contributed by atoms with van der Waals surface area (Å²) in [6.45, 7) is 2.89. The van der Waals surface area contributed by atoms with Gasteiger partial charge >= 0.3 is 0 Å². The van der Waals surface area contributed by atoms with Gasteiger partial charge in [0.2, 0.25) is 5.91 Å². The van der Waals surface area contributed by atoms with Crippen LogP contribution in [0.4, 0.5) is 0 Å². The van der Waals surface area contributed by atoms with Gasteiger partial charge in [0.25, 0.3) is 0 Å². The molecular formula is C14H27N3O5. The molecular weight excluding hydrogens is 290 g/mol. The molecule has 0 rings (SSSR count). The van der Waals surface area contributed by atoms with Gasteiger partial charge in [-0.1, -0.05) is 6.42 Å². The van der Waals surface area contributed by atoms with Crippen LogP contribution in [0.3, 0.4) is 0 Å². The lowest BCUT2D eigenvalue weighted by molar-refractivity contribution is -0.136. The van der Waals surface area contributed by atoms with Crippen molar-refractivity contribution in [2.24, 2.45) is 11.5 Å². The largest absolute Gasteiger partial charge is 0.377 e. The van der Waals surface area contributed by atoms with Crippen molar-refractivity contribution in [1.82, 2.24) is 5.32 Å². The van der Waals surface area contributed by atoms with E-state index >= 15 is 0 Å². The fourth-order valence-corrected chi connectivity index (χ4v) is 1.61. The third kappa shape index (κ3) is 10.4. The zero-order chi connectivity index (χ0) is 16.8. The van der Waals surface area contributed by atoms with E-state index in [0.29, 0.717) is 32.4 Å². The number of rotatable bonds is 14. The highest BCUT2D eigenvalue weighted by Crippen LogP contribution is 1.97. The summed E-state index contributed by atoms with van der Waals surface area (Å²) in [5.41, 5.74) is 11.1. The summed E-state index contributed by atoms with van der Waals surface area (Å²) in [5, 5.41) is 2.67. The van der Waals surface area contributed by atoms with Gasteiger partial charge < -0.3 is 26.3 Å². The highest BCUT2D eigenvalue weighted by molar-refractivity contribution is 5.94. The van der Waals surface area contributed by atoms with E-state index in [2.05, 4.69) is 5.32 Å². The summed E-state index contributed by atoms with van der Waals surface area (Å²) < 4.78 is 10.2. The van der Waals surface area contributed by atoms with E-state index < -0.39 is 12.1 Å². The van der Waals surface area contributed by atoms with Gasteiger partial charge in [-0.3, -0.25) is 14.4 Å². The molecule has 0 saturated carbocycles. The van der Waals surface area contributed by atoms with Crippen LogP contribution >= 0.6 is 0 Å². The minimum absolute atomic E-state index is 0.134. The highest BCUT2D eigenvalue weighted by atomic mass is 16.5. The third-order valence-corrected chi connectivity index (χ3v) is 2.90. The Kier molecular flexibility index (Phi) is 12.5. The minimum atomic E-state index is -1.03. The highest BCUT2D eigenvalue weighted by Gasteiger charge is 2.13. The lowest BCUT2D eigenvalue weighted by atomic mass is 10.1. The molecule has 0 spiro atoms. The number of ketones is 1. The first-order chi connectivity index (χ1) is 10.5. The molecule has 0 radical (unpaired) electrons. The first-order valence-electron chi connectivity index (χ1n) is 7.41. The lowest BCUT2D eigenvalue weighted by Gasteiger charge is -2.12. The molecule has 0 bridgehead atoms. The number of amides is 1. The number of carbonyl (C=O) groups is 3. The molecule has 2 atom stereocenters. The number of nitrogens with one attached hydrogen (secondary N) is 1. The Hall–Kier alpha value is -1.35. The monoisotopic (exact) mass is 317 g/mol. The van der Waals surface area contributed by atoms with Gasteiger partial charge in [-0.2, -0.15) is 0 Å². The topological polar surface area (TPSA) is 134 Å². The van der Waals surface area contributed by atoms with Gasteiger partial charge in [-0.25, -0.2) is 0 Å². The summed E-state index contributed by atoms with van der Waals surface area (Å²) in [6, 6.07) is -0.529. The standard InChI is InChI=1S/C14H27N3O5/c1-11(19)13(10-18)22-9-8-21-7-6-17-14(20)12(16)4-2-3-5-15/h10,12-13H,2-9,15-16H2,1H3,(H,17,20)/t12-,13?/m0/s1. The van der Waals surface area contributed by atoms with E-state index in [1.54, 1.807) is 0 Å². The molecule has 0 saturated heterocycles. The van der Waals surface area contributed by atoms with E-state index in [0.717, 1.165) is 12.8 Å². The number of aldehydes is 1.